The SMILES string of the molecule is Cl.Cl.O=C(C1CN(Cc2ccccc2)CCO1)N1CC[C@@H]2CNC[C@@H]2CC1. The van der Waals surface area contributed by atoms with E-state index in [0.29, 0.717) is 13.2 Å². The molecular weight excluding hydrogens is 385 g/mol. The fourth-order valence-electron chi connectivity index (χ4n) is 4.48. The monoisotopic (exact) mass is 415 g/mol. The van der Waals surface area contributed by atoms with Crippen molar-refractivity contribution in [3.8, 4) is 0 Å². The Balaban J connectivity index is 0.00000131. The molecular formula is C20H31Cl2N3O2. The predicted octanol–water partition coefficient (Wildman–Crippen LogP) is 2.19. The summed E-state index contributed by atoms with van der Waals surface area (Å²) in [5, 5.41) is 3.49. The minimum absolute atomic E-state index is 0. The zero-order valence-electron chi connectivity index (χ0n) is 15.7. The van der Waals surface area contributed by atoms with Gasteiger partial charge in [-0.3, -0.25) is 9.69 Å². The van der Waals surface area contributed by atoms with E-state index in [1.165, 1.54) is 5.56 Å². The van der Waals surface area contributed by atoms with Gasteiger partial charge in [-0.15, -0.1) is 24.8 Å². The molecule has 1 aromatic rings. The largest absolute Gasteiger partial charge is 0.366 e. The Kier molecular flexibility index (Phi) is 8.83. The highest BCUT2D eigenvalue weighted by Crippen LogP contribution is 2.27. The number of fused-ring (bicyclic) bond motifs is 1. The molecule has 0 radical (unpaired) electrons. The molecule has 3 aliphatic heterocycles. The fraction of sp³-hybridized carbons (Fsp3) is 0.650. The maximum atomic E-state index is 13.0. The Bertz CT molecular complexity index is 576. The second-order valence-electron chi connectivity index (χ2n) is 7.66. The Morgan fingerprint density at radius 2 is 1.70 bits per heavy atom. The number of carbonyl (C=O) groups excluding carboxylic acids is 1. The molecule has 0 bridgehead atoms. The summed E-state index contributed by atoms with van der Waals surface area (Å²) >= 11 is 0. The second-order valence-corrected chi connectivity index (χ2v) is 7.66. The lowest BCUT2D eigenvalue weighted by atomic mass is 9.92. The molecule has 3 atom stereocenters. The van der Waals surface area contributed by atoms with Gasteiger partial charge in [0.2, 0.25) is 0 Å². The van der Waals surface area contributed by atoms with Crippen molar-refractivity contribution in [2.45, 2.75) is 25.5 Å². The molecule has 1 unspecified atom stereocenters. The van der Waals surface area contributed by atoms with Gasteiger partial charge in [0.15, 0.2) is 0 Å². The van der Waals surface area contributed by atoms with Crippen molar-refractivity contribution in [1.29, 1.82) is 0 Å². The summed E-state index contributed by atoms with van der Waals surface area (Å²) in [5.41, 5.74) is 1.30. The van der Waals surface area contributed by atoms with E-state index >= 15 is 0 Å². The topological polar surface area (TPSA) is 44.8 Å². The highest BCUT2D eigenvalue weighted by atomic mass is 35.5. The van der Waals surface area contributed by atoms with E-state index in [2.05, 4.69) is 39.4 Å². The highest BCUT2D eigenvalue weighted by Gasteiger charge is 2.35. The molecule has 3 saturated heterocycles. The Hall–Kier alpha value is -0.850. The molecule has 7 heteroatoms. The first kappa shape index (κ1) is 22.4. The van der Waals surface area contributed by atoms with Crippen LogP contribution in [0.2, 0.25) is 0 Å². The molecule has 1 amide bonds. The molecule has 27 heavy (non-hydrogen) atoms. The minimum atomic E-state index is -0.298. The summed E-state index contributed by atoms with van der Waals surface area (Å²) in [7, 11) is 0. The van der Waals surface area contributed by atoms with Gasteiger partial charge in [-0.1, -0.05) is 30.3 Å². The van der Waals surface area contributed by atoms with Crippen LogP contribution in [0.3, 0.4) is 0 Å². The first-order chi connectivity index (χ1) is 12.3. The van der Waals surface area contributed by atoms with Crippen molar-refractivity contribution < 1.29 is 9.53 Å². The van der Waals surface area contributed by atoms with E-state index in [4.69, 9.17) is 4.74 Å². The summed E-state index contributed by atoms with van der Waals surface area (Å²) in [6.07, 6.45) is 1.96. The number of amides is 1. The maximum Gasteiger partial charge on any atom is 0.253 e. The Labute approximate surface area is 174 Å². The van der Waals surface area contributed by atoms with Crippen LogP contribution in [0, 0.1) is 11.8 Å². The van der Waals surface area contributed by atoms with E-state index in [1.807, 2.05) is 6.07 Å². The first-order valence-corrected chi connectivity index (χ1v) is 9.67. The second kappa shape index (κ2) is 10.6. The Morgan fingerprint density at radius 1 is 1.04 bits per heavy atom. The lowest BCUT2D eigenvalue weighted by molar-refractivity contribution is -0.149. The van der Waals surface area contributed by atoms with Crippen LogP contribution in [-0.4, -0.2) is 67.7 Å². The standard InChI is InChI=1S/C20H29N3O2.2ClH/c24-20(23-8-6-17-12-21-13-18(17)7-9-23)19-15-22(10-11-25-19)14-16-4-2-1-3-5-16;;/h1-5,17-19,21H,6-15H2;2*1H/t17-,18+,19?;;. The molecule has 0 aliphatic carbocycles. The fourth-order valence-corrected chi connectivity index (χ4v) is 4.48. The molecule has 0 spiro atoms. The summed E-state index contributed by atoms with van der Waals surface area (Å²) in [4.78, 5) is 17.4. The zero-order chi connectivity index (χ0) is 17.1. The number of benzene rings is 1. The summed E-state index contributed by atoms with van der Waals surface area (Å²) in [6, 6.07) is 10.5. The van der Waals surface area contributed by atoms with Gasteiger partial charge in [-0.2, -0.15) is 0 Å². The van der Waals surface area contributed by atoms with Crippen LogP contribution in [-0.2, 0) is 16.1 Å². The molecule has 152 valence electrons. The third kappa shape index (κ3) is 5.58. The molecule has 1 N–H and O–H groups in total. The van der Waals surface area contributed by atoms with E-state index in [0.717, 1.165) is 63.9 Å². The van der Waals surface area contributed by atoms with Gasteiger partial charge >= 0.3 is 0 Å². The maximum absolute atomic E-state index is 13.0. The van der Waals surface area contributed by atoms with Crippen molar-refractivity contribution in [3.05, 3.63) is 35.9 Å². The summed E-state index contributed by atoms with van der Waals surface area (Å²) in [6.45, 7) is 7.17. The molecule has 5 nitrogen and oxygen atoms in total. The summed E-state index contributed by atoms with van der Waals surface area (Å²) in [5.74, 6) is 1.70. The average Bonchev–Trinajstić information content (AvgIpc) is 3.01. The van der Waals surface area contributed by atoms with Crippen LogP contribution in [0.1, 0.15) is 18.4 Å². The van der Waals surface area contributed by atoms with Crippen molar-refractivity contribution >= 4 is 30.7 Å². The number of nitrogens with zero attached hydrogens (tertiary/aromatic N) is 2. The van der Waals surface area contributed by atoms with Crippen molar-refractivity contribution in [1.82, 2.24) is 15.1 Å². The number of ether oxygens (including phenoxy) is 1. The van der Waals surface area contributed by atoms with Gasteiger partial charge in [0.1, 0.15) is 6.10 Å². The van der Waals surface area contributed by atoms with Crippen LogP contribution in [0.5, 0.6) is 0 Å². The van der Waals surface area contributed by atoms with E-state index in [9.17, 15) is 4.79 Å². The molecule has 1 aromatic carbocycles. The smallest absolute Gasteiger partial charge is 0.253 e. The van der Waals surface area contributed by atoms with Gasteiger partial charge in [-0.05, 0) is 43.3 Å². The normalized spacial score (nSPS) is 28.4. The summed E-state index contributed by atoms with van der Waals surface area (Å²) < 4.78 is 5.85. The number of nitrogens with one attached hydrogen (secondary N) is 1. The van der Waals surface area contributed by atoms with Gasteiger partial charge in [0.25, 0.3) is 5.91 Å². The number of hydrogen-bond acceptors (Lipinski definition) is 4. The molecule has 3 fully saturated rings. The van der Waals surface area contributed by atoms with Crippen LogP contribution < -0.4 is 5.32 Å². The lowest BCUT2D eigenvalue weighted by Crippen LogP contribution is -2.51. The van der Waals surface area contributed by atoms with E-state index in [1.54, 1.807) is 0 Å². The minimum Gasteiger partial charge on any atom is -0.366 e. The van der Waals surface area contributed by atoms with Crippen molar-refractivity contribution in [3.63, 3.8) is 0 Å². The van der Waals surface area contributed by atoms with E-state index in [-0.39, 0.29) is 36.8 Å². The number of hydrogen-bond donors (Lipinski definition) is 1. The lowest BCUT2D eigenvalue weighted by Gasteiger charge is -2.35. The van der Waals surface area contributed by atoms with Crippen LogP contribution in [0.15, 0.2) is 30.3 Å². The number of morpholine rings is 1. The number of halogens is 2. The van der Waals surface area contributed by atoms with Gasteiger partial charge < -0.3 is 15.0 Å². The number of carbonyl (C=O) groups is 1. The van der Waals surface area contributed by atoms with E-state index < -0.39 is 0 Å². The van der Waals surface area contributed by atoms with Crippen LogP contribution in [0.4, 0.5) is 0 Å². The highest BCUT2D eigenvalue weighted by molar-refractivity contribution is 5.85. The molecule has 4 rings (SSSR count). The molecule has 3 heterocycles. The first-order valence-electron chi connectivity index (χ1n) is 9.67. The van der Waals surface area contributed by atoms with Gasteiger partial charge in [0, 0.05) is 32.7 Å². The molecule has 0 aromatic heterocycles. The predicted molar refractivity (Wildman–Crippen MR) is 112 cm³/mol. The number of likely N-dealkylation sites (tertiary alicyclic amines) is 1. The van der Waals surface area contributed by atoms with Gasteiger partial charge in [0.05, 0.1) is 6.61 Å². The average molecular weight is 416 g/mol. The number of rotatable bonds is 3. The molecule has 0 saturated carbocycles. The van der Waals surface area contributed by atoms with Crippen LogP contribution >= 0.6 is 24.8 Å². The quantitative estimate of drug-likeness (QED) is 0.821. The zero-order valence-corrected chi connectivity index (χ0v) is 17.4. The van der Waals surface area contributed by atoms with Gasteiger partial charge in [-0.25, -0.2) is 0 Å². The van der Waals surface area contributed by atoms with Crippen molar-refractivity contribution in [2.24, 2.45) is 11.8 Å². The third-order valence-corrected chi connectivity index (χ3v) is 6.01. The third-order valence-electron chi connectivity index (χ3n) is 6.01. The Morgan fingerprint density at radius 3 is 2.37 bits per heavy atom. The molecule has 3 aliphatic rings. The van der Waals surface area contributed by atoms with Crippen LogP contribution in [0.25, 0.3) is 0 Å². The van der Waals surface area contributed by atoms with Crippen molar-refractivity contribution in [2.75, 3.05) is 45.9 Å².